The molecule has 0 aliphatic heterocycles. The van der Waals surface area contributed by atoms with E-state index in [1.54, 1.807) is 7.05 Å². The fourth-order valence-corrected chi connectivity index (χ4v) is 3.58. The number of aryl methyl sites for hydroxylation is 1. The van der Waals surface area contributed by atoms with E-state index in [2.05, 4.69) is 37.9 Å². The third kappa shape index (κ3) is 6.46. The molecular formula is C27H33ClN2O3. The predicted molar refractivity (Wildman–Crippen MR) is 134 cm³/mol. The van der Waals surface area contributed by atoms with E-state index >= 15 is 0 Å². The number of ether oxygens (including phenoxy) is 3. The van der Waals surface area contributed by atoms with Gasteiger partial charge in [0.05, 0.1) is 11.4 Å². The van der Waals surface area contributed by atoms with E-state index in [9.17, 15) is 5.26 Å². The lowest BCUT2D eigenvalue weighted by Crippen LogP contribution is -2.21. The molecule has 2 rings (SSSR count). The van der Waals surface area contributed by atoms with Gasteiger partial charge >= 0.3 is 0 Å². The van der Waals surface area contributed by atoms with Crippen molar-refractivity contribution in [3.05, 3.63) is 82.9 Å². The van der Waals surface area contributed by atoms with Gasteiger partial charge in [0.25, 0.3) is 0 Å². The van der Waals surface area contributed by atoms with Gasteiger partial charge in [-0.3, -0.25) is 0 Å². The highest BCUT2D eigenvalue weighted by Gasteiger charge is 2.26. The summed E-state index contributed by atoms with van der Waals surface area (Å²) in [7, 11) is 1.75. The Balaban J connectivity index is 2.25. The van der Waals surface area contributed by atoms with Crippen LogP contribution in [-0.4, -0.2) is 25.6 Å². The molecule has 0 heterocycles. The van der Waals surface area contributed by atoms with Crippen molar-refractivity contribution in [2.24, 2.45) is 0 Å². The summed E-state index contributed by atoms with van der Waals surface area (Å²) in [5.41, 5.74) is 3.24. The first-order valence-electron chi connectivity index (χ1n) is 10.9. The molecule has 33 heavy (non-hydrogen) atoms. The van der Waals surface area contributed by atoms with Gasteiger partial charge in [0.2, 0.25) is 0 Å². The first kappa shape index (κ1) is 26.2. The van der Waals surface area contributed by atoms with Gasteiger partial charge in [0.15, 0.2) is 12.0 Å². The van der Waals surface area contributed by atoms with Crippen LogP contribution in [0.25, 0.3) is 0 Å². The molecule has 5 nitrogen and oxygen atoms in total. The number of hydrogen-bond acceptors (Lipinski definition) is 5. The van der Waals surface area contributed by atoms with Gasteiger partial charge in [-0.25, -0.2) is 0 Å². The Hall–Kier alpha value is -3.10. The Kier molecular flexibility index (Phi) is 9.25. The summed E-state index contributed by atoms with van der Waals surface area (Å²) in [5, 5.41) is 12.5. The molecule has 0 fully saturated rings. The van der Waals surface area contributed by atoms with Gasteiger partial charge in [0, 0.05) is 12.5 Å². The molecule has 1 atom stereocenters. The molecule has 0 aliphatic carbocycles. The zero-order chi connectivity index (χ0) is 24.6. The Morgan fingerprint density at radius 2 is 1.91 bits per heavy atom. The van der Waals surface area contributed by atoms with E-state index in [0.29, 0.717) is 35.4 Å². The second-order valence-corrected chi connectivity index (χ2v) is 8.57. The Bertz CT molecular complexity index is 1040. The Morgan fingerprint density at radius 3 is 2.45 bits per heavy atom. The number of allylic oxidation sites excluding steroid dienone is 1. The van der Waals surface area contributed by atoms with E-state index in [1.807, 2.05) is 57.2 Å². The van der Waals surface area contributed by atoms with Gasteiger partial charge < -0.3 is 19.5 Å². The number of hydrogen-bond donors (Lipinski definition) is 1. The lowest BCUT2D eigenvalue weighted by molar-refractivity contribution is 0.159. The molecule has 0 saturated carbocycles. The standard InChI is InChI=1S/C27H33ClN2O3/c1-8-25(33-20(4)30-7)19(3)32-24-11-9-22(10-12-24)27(5,6)23-15-18(2)26(31-14-13-28)21(16-23)17-29/h8-12,15-16,19,30H,4,13-14H2,1-3,5-7H3/b25-8-. The van der Waals surface area contributed by atoms with E-state index in [0.717, 1.165) is 22.4 Å². The highest BCUT2D eigenvalue weighted by Crippen LogP contribution is 2.36. The van der Waals surface area contributed by atoms with Crippen molar-refractivity contribution in [2.45, 2.75) is 46.1 Å². The summed E-state index contributed by atoms with van der Waals surface area (Å²) in [6.07, 6.45) is 1.58. The van der Waals surface area contributed by atoms with Crippen LogP contribution in [0.1, 0.15) is 49.9 Å². The number of alkyl halides is 1. The summed E-state index contributed by atoms with van der Waals surface area (Å²) in [6, 6.07) is 14.2. The number of nitrogens with one attached hydrogen (secondary N) is 1. The van der Waals surface area contributed by atoms with Crippen molar-refractivity contribution >= 4 is 11.6 Å². The highest BCUT2D eigenvalue weighted by molar-refractivity contribution is 6.18. The number of halogens is 1. The number of rotatable bonds is 11. The molecule has 0 aliphatic rings. The van der Waals surface area contributed by atoms with Gasteiger partial charge in [-0.05, 0) is 68.3 Å². The highest BCUT2D eigenvalue weighted by atomic mass is 35.5. The maximum atomic E-state index is 9.66. The van der Waals surface area contributed by atoms with Crippen LogP contribution in [0.2, 0.25) is 0 Å². The summed E-state index contributed by atoms with van der Waals surface area (Å²) in [6.45, 7) is 14.2. The average Bonchev–Trinajstić information content (AvgIpc) is 2.81. The van der Waals surface area contributed by atoms with Crippen LogP contribution < -0.4 is 14.8 Å². The molecule has 0 spiro atoms. The lowest BCUT2D eigenvalue weighted by atomic mass is 9.77. The van der Waals surface area contributed by atoms with Gasteiger partial charge in [-0.15, -0.1) is 11.6 Å². The minimum Gasteiger partial charge on any atom is -0.491 e. The number of benzene rings is 2. The van der Waals surface area contributed by atoms with E-state index in [4.69, 9.17) is 25.8 Å². The zero-order valence-electron chi connectivity index (χ0n) is 20.3. The average molecular weight is 469 g/mol. The molecule has 0 aromatic heterocycles. The third-order valence-corrected chi connectivity index (χ3v) is 5.69. The third-order valence-electron chi connectivity index (χ3n) is 5.53. The summed E-state index contributed by atoms with van der Waals surface area (Å²) in [5.74, 6) is 2.84. The molecule has 0 bridgehead atoms. The molecule has 2 aromatic rings. The molecule has 176 valence electrons. The molecule has 6 heteroatoms. The Morgan fingerprint density at radius 1 is 1.24 bits per heavy atom. The topological polar surface area (TPSA) is 63.5 Å². The summed E-state index contributed by atoms with van der Waals surface area (Å²) >= 11 is 5.75. The lowest BCUT2D eigenvalue weighted by Gasteiger charge is -2.28. The molecule has 0 amide bonds. The first-order valence-corrected chi connectivity index (χ1v) is 11.4. The van der Waals surface area contributed by atoms with E-state index in [1.165, 1.54) is 0 Å². The van der Waals surface area contributed by atoms with Crippen LogP contribution in [0.3, 0.4) is 0 Å². The van der Waals surface area contributed by atoms with Crippen molar-refractivity contribution in [1.82, 2.24) is 5.32 Å². The molecule has 0 radical (unpaired) electrons. The number of nitriles is 1. The van der Waals surface area contributed by atoms with Crippen LogP contribution >= 0.6 is 11.6 Å². The van der Waals surface area contributed by atoms with Crippen LogP contribution in [0.15, 0.2) is 60.7 Å². The number of nitrogens with zero attached hydrogens (tertiary/aromatic N) is 1. The molecular weight excluding hydrogens is 436 g/mol. The van der Waals surface area contributed by atoms with Crippen molar-refractivity contribution in [2.75, 3.05) is 19.5 Å². The van der Waals surface area contributed by atoms with Gasteiger partial charge in [-0.1, -0.05) is 32.0 Å². The summed E-state index contributed by atoms with van der Waals surface area (Å²) in [4.78, 5) is 0. The van der Waals surface area contributed by atoms with Crippen LogP contribution in [0, 0.1) is 18.3 Å². The fraction of sp³-hybridized carbons (Fsp3) is 0.370. The van der Waals surface area contributed by atoms with Crippen molar-refractivity contribution < 1.29 is 14.2 Å². The van der Waals surface area contributed by atoms with Crippen LogP contribution in [0.5, 0.6) is 11.5 Å². The van der Waals surface area contributed by atoms with E-state index in [-0.39, 0.29) is 11.5 Å². The SMILES string of the molecule is C=C(NC)O/C(=C\C)C(C)Oc1ccc(C(C)(C)c2cc(C)c(OCCCl)c(C#N)c2)cc1. The first-order chi connectivity index (χ1) is 15.7. The minimum absolute atomic E-state index is 0.277. The minimum atomic E-state index is -0.326. The smallest absolute Gasteiger partial charge is 0.185 e. The zero-order valence-corrected chi connectivity index (χ0v) is 21.0. The van der Waals surface area contributed by atoms with Crippen molar-refractivity contribution in [1.29, 1.82) is 5.26 Å². The largest absolute Gasteiger partial charge is 0.491 e. The van der Waals surface area contributed by atoms with Crippen LogP contribution in [-0.2, 0) is 10.2 Å². The second kappa shape index (κ2) is 11.7. The van der Waals surface area contributed by atoms with Crippen molar-refractivity contribution in [3.63, 3.8) is 0 Å². The molecule has 2 aromatic carbocycles. The van der Waals surface area contributed by atoms with Crippen molar-refractivity contribution in [3.8, 4) is 17.6 Å². The Labute approximate surface area is 202 Å². The maximum Gasteiger partial charge on any atom is 0.185 e. The predicted octanol–water partition coefficient (Wildman–Crippen LogP) is 6.19. The monoisotopic (exact) mass is 468 g/mol. The van der Waals surface area contributed by atoms with Crippen LogP contribution in [0.4, 0.5) is 0 Å². The van der Waals surface area contributed by atoms with Gasteiger partial charge in [0.1, 0.15) is 29.9 Å². The normalized spacial score (nSPS) is 12.5. The molecule has 1 N–H and O–H groups in total. The molecule has 1 unspecified atom stereocenters. The molecule has 0 saturated heterocycles. The van der Waals surface area contributed by atoms with Gasteiger partial charge in [-0.2, -0.15) is 5.26 Å². The quantitative estimate of drug-likeness (QED) is 0.314. The summed E-state index contributed by atoms with van der Waals surface area (Å²) < 4.78 is 17.4. The fourth-order valence-electron chi connectivity index (χ4n) is 3.50. The van der Waals surface area contributed by atoms with E-state index < -0.39 is 0 Å². The second-order valence-electron chi connectivity index (χ2n) is 8.19. The maximum absolute atomic E-state index is 9.66.